The third kappa shape index (κ3) is 4.37. The lowest BCUT2D eigenvalue weighted by molar-refractivity contribution is 0.435. The van der Waals surface area contributed by atoms with Gasteiger partial charge in [0.05, 0.1) is 11.5 Å². The SMILES string of the molecule is CCN(CCCC(C)(C)C#N)c1ccc(F)cc1. The van der Waals surface area contributed by atoms with Crippen LogP contribution in [0.25, 0.3) is 0 Å². The second kappa shape index (κ2) is 6.39. The monoisotopic (exact) mass is 248 g/mol. The van der Waals surface area contributed by atoms with Crippen LogP contribution in [0.4, 0.5) is 10.1 Å². The number of rotatable bonds is 6. The van der Waals surface area contributed by atoms with Crippen molar-refractivity contribution >= 4 is 5.69 Å². The molecule has 0 aliphatic heterocycles. The Morgan fingerprint density at radius 3 is 2.39 bits per heavy atom. The second-order valence-corrected chi connectivity index (χ2v) is 5.16. The molecule has 1 rings (SSSR count). The predicted octanol–water partition coefficient (Wildman–Crippen LogP) is 3.98. The van der Waals surface area contributed by atoms with Gasteiger partial charge in [-0.1, -0.05) is 0 Å². The van der Waals surface area contributed by atoms with E-state index in [0.717, 1.165) is 31.6 Å². The Morgan fingerprint density at radius 1 is 1.28 bits per heavy atom. The van der Waals surface area contributed by atoms with Gasteiger partial charge in [-0.15, -0.1) is 0 Å². The summed E-state index contributed by atoms with van der Waals surface area (Å²) in [7, 11) is 0. The molecule has 1 aromatic carbocycles. The highest BCUT2D eigenvalue weighted by molar-refractivity contribution is 5.45. The zero-order valence-corrected chi connectivity index (χ0v) is 11.4. The van der Waals surface area contributed by atoms with Crippen LogP contribution in [0.5, 0.6) is 0 Å². The van der Waals surface area contributed by atoms with Crippen molar-refractivity contribution in [1.29, 1.82) is 5.26 Å². The summed E-state index contributed by atoms with van der Waals surface area (Å²) in [5.74, 6) is -0.208. The molecular formula is C15H21FN2. The van der Waals surface area contributed by atoms with E-state index in [-0.39, 0.29) is 11.2 Å². The number of hydrogen-bond acceptors (Lipinski definition) is 2. The molecule has 0 saturated carbocycles. The molecule has 0 radical (unpaired) electrons. The fraction of sp³-hybridized carbons (Fsp3) is 0.533. The topological polar surface area (TPSA) is 27.0 Å². The molecule has 18 heavy (non-hydrogen) atoms. The fourth-order valence-corrected chi connectivity index (χ4v) is 1.89. The number of nitrogens with zero attached hydrogens (tertiary/aromatic N) is 2. The lowest BCUT2D eigenvalue weighted by Crippen LogP contribution is -2.25. The Balaban J connectivity index is 2.53. The zero-order chi connectivity index (χ0) is 13.6. The van der Waals surface area contributed by atoms with Gasteiger partial charge in [-0.05, 0) is 57.9 Å². The lowest BCUT2D eigenvalue weighted by atomic mass is 9.90. The highest BCUT2D eigenvalue weighted by atomic mass is 19.1. The van der Waals surface area contributed by atoms with Crippen molar-refractivity contribution < 1.29 is 4.39 Å². The maximum Gasteiger partial charge on any atom is 0.123 e. The maximum atomic E-state index is 12.9. The molecule has 0 spiro atoms. The summed E-state index contributed by atoms with van der Waals surface area (Å²) in [5.41, 5.74) is 0.774. The van der Waals surface area contributed by atoms with Crippen LogP contribution in [-0.2, 0) is 0 Å². The minimum atomic E-state index is -0.262. The van der Waals surface area contributed by atoms with Gasteiger partial charge in [0.1, 0.15) is 5.82 Å². The first-order chi connectivity index (χ1) is 8.48. The molecule has 3 heteroatoms. The Morgan fingerprint density at radius 2 is 1.89 bits per heavy atom. The van der Waals surface area contributed by atoms with Gasteiger partial charge in [0.25, 0.3) is 0 Å². The first kappa shape index (κ1) is 14.5. The van der Waals surface area contributed by atoms with E-state index < -0.39 is 0 Å². The van der Waals surface area contributed by atoms with E-state index in [1.54, 1.807) is 12.1 Å². The fourth-order valence-electron chi connectivity index (χ4n) is 1.89. The zero-order valence-electron chi connectivity index (χ0n) is 11.4. The third-order valence-corrected chi connectivity index (χ3v) is 3.11. The first-order valence-corrected chi connectivity index (χ1v) is 6.40. The van der Waals surface area contributed by atoms with Crippen molar-refractivity contribution in [3.8, 4) is 6.07 Å². The molecule has 98 valence electrons. The van der Waals surface area contributed by atoms with E-state index in [2.05, 4.69) is 17.9 Å². The van der Waals surface area contributed by atoms with Crippen LogP contribution < -0.4 is 4.90 Å². The molecule has 1 aromatic rings. The number of nitriles is 1. The molecule has 0 aromatic heterocycles. The van der Waals surface area contributed by atoms with Gasteiger partial charge in [0, 0.05) is 18.8 Å². The molecule has 0 aliphatic carbocycles. The van der Waals surface area contributed by atoms with Crippen LogP contribution in [0.2, 0.25) is 0 Å². The minimum absolute atomic E-state index is 0.208. The van der Waals surface area contributed by atoms with Gasteiger partial charge >= 0.3 is 0 Å². The van der Waals surface area contributed by atoms with Crippen LogP contribution in [0, 0.1) is 22.6 Å². The third-order valence-electron chi connectivity index (χ3n) is 3.11. The molecule has 0 aliphatic rings. The van der Waals surface area contributed by atoms with Crippen LogP contribution >= 0.6 is 0 Å². The van der Waals surface area contributed by atoms with Crippen LogP contribution in [-0.4, -0.2) is 13.1 Å². The van der Waals surface area contributed by atoms with E-state index in [1.807, 2.05) is 13.8 Å². The Labute approximate surface area is 109 Å². The summed E-state index contributed by atoms with van der Waals surface area (Å²) >= 11 is 0. The largest absolute Gasteiger partial charge is 0.372 e. The van der Waals surface area contributed by atoms with Crippen molar-refractivity contribution in [1.82, 2.24) is 0 Å². The minimum Gasteiger partial charge on any atom is -0.372 e. The van der Waals surface area contributed by atoms with Gasteiger partial charge in [0.15, 0.2) is 0 Å². The molecule has 2 nitrogen and oxygen atoms in total. The van der Waals surface area contributed by atoms with E-state index in [1.165, 1.54) is 12.1 Å². The van der Waals surface area contributed by atoms with Gasteiger partial charge in [0.2, 0.25) is 0 Å². The average molecular weight is 248 g/mol. The number of halogens is 1. The van der Waals surface area contributed by atoms with Crippen LogP contribution in [0.3, 0.4) is 0 Å². The van der Waals surface area contributed by atoms with Crippen molar-refractivity contribution in [2.24, 2.45) is 5.41 Å². The number of hydrogen-bond donors (Lipinski definition) is 0. The van der Waals surface area contributed by atoms with Crippen LogP contribution in [0.1, 0.15) is 33.6 Å². The molecule has 0 unspecified atom stereocenters. The first-order valence-electron chi connectivity index (χ1n) is 6.40. The summed E-state index contributed by atoms with van der Waals surface area (Å²) < 4.78 is 12.9. The van der Waals surface area contributed by atoms with Gasteiger partial charge in [-0.3, -0.25) is 0 Å². The van der Waals surface area contributed by atoms with Crippen molar-refractivity contribution in [2.75, 3.05) is 18.0 Å². The van der Waals surface area contributed by atoms with Gasteiger partial charge < -0.3 is 4.90 Å². The van der Waals surface area contributed by atoms with Crippen LogP contribution in [0.15, 0.2) is 24.3 Å². The highest BCUT2D eigenvalue weighted by Crippen LogP contribution is 2.22. The lowest BCUT2D eigenvalue weighted by Gasteiger charge is -2.24. The molecular weight excluding hydrogens is 227 g/mol. The molecule has 0 saturated heterocycles. The maximum absolute atomic E-state index is 12.9. The van der Waals surface area contributed by atoms with E-state index in [4.69, 9.17) is 5.26 Å². The number of benzene rings is 1. The Kier molecular flexibility index (Phi) is 5.15. The summed E-state index contributed by atoms with van der Waals surface area (Å²) in [5, 5.41) is 8.96. The molecule has 0 N–H and O–H groups in total. The highest BCUT2D eigenvalue weighted by Gasteiger charge is 2.16. The predicted molar refractivity (Wildman–Crippen MR) is 72.9 cm³/mol. The Bertz CT molecular complexity index is 403. The molecule has 0 bridgehead atoms. The van der Waals surface area contributed by atoms with Crippen molar-refractivity contribution in [2.45, 2.75) is 33.6 Å². The summed E-state index contributed by atoms with van der Waals surface area (Å²) in [4.78, 5) is 2.20. The Hall–Kier alpha value is -1.56. The molecule has 0 fully saturated rings. The smallest absolute Gasteiger partial charge is 0.123 e. The van der Waals surface area contributed by atoms with E-state index >= 15 is 0 Å². The van der Waals surface area contributed by atoms with Crippen molar-refractivity contribution in [3.63, 3.8) is 0 Å². The van der Waals surface area contributed by atoms with Gasteiger partial charge in [-0.25, -0.2) is 4.39 Å². The molecule has 0 amide bonds. The summed E-state index contributed by atoms with van der Waals surface area (Å²) in [6, 6.07) is 8.88. The quantitative estimate of drug-likeness (QED) is 0.761. The molecule has 0 heterocycles. The van der Waals surface area contributed by atoms with Crippen molar-refractivity contribution in [3.05, 3.63) is 30.1 Å². The molecule has 0 atom stereocenters. The van der Waals surface area contributed by atoms with Gasteiger partial charge in [-0.2, -0.15) is 5.26 Å². The second-order valence-electron chi connectivity index (χ2n) is 5.16. The standard InChI is InChI=1S/C15H21FN2/c1-4-18(11-5-10-15(2,3)12-17)14-8-6-13(16)7-9-14/h6-9H,4-5,10-11H2,1-3H3. The van der Waals surface area contributed by atoms with E-state index in [9.17, 15) is 4.39 Å². The normalized spacial score (nSPS) is 11.1. The summed E-state index contributed by atoms with van der Waals surface area (Å²) in [6.45, 7) is 7.78. The average Bonchev–Trinajstić information content (AvgIpc) is 2.36. The number of anilines is 1. The summed E-state index contributed by atoms with van der Waals surface area (Å²) in [6.07, 6.45) is 1.84. The van der Waals surface area contributed by atoms with E-state index in [0.29, 0.717) is 0 Å².